The molecule has 1 heterocycles. The standard InChI is InChI=1S/C20H20N2OS/c1-14(16-9-5-3-6-10-16)13-21-19(23)18-15(2)22-20(24-18)17-11-7-4-8-12-17/h3-12,14H,13H2,1-2H3,(H,21,23)/t14-/m0/s1. The van der Waals surface area contributed by atoms with E-state index in [0.29, 0.717) is 11.4 Å². The van der Waals surface area contributed by atoms with Crippen LogP contribution in [0.5, 0.6) is 0 Å². The fraction of sp³-hybridized carbons (Fsp3) is 0.200. The highest BCUT2D eigenvalue weighted by Crippen LogP contribution is 2.27. The van der Waals surface area contributed by atoms with Gasteiger partial charge in [-0.05, 0) is 18.4 Å². The van der Waals surface area contributed by atoms with Crippen LogP contribution < -0.4 is 5.32 Å². The van der Waals surface area contributed by atoms with E-state index in [0.717, 1.165) is 16.3 Å². The van der Waals surface area contributed by atoms with E-state index in [-0.39, 0.29) is 11.8 Å². The van der Waals surface area contributed by atoms with Crippen molar-refractivity contribution in [1.29, 1.82) is 0 Å². The number of nitrogens with one attached hydrogen (secondary N) is 1. The molecule has 0 bridgehead atoms. The lowest BCUT2D eigenvalue weighted by Gasteiger charge is -2.12. The Bertz CT molecular complexity index is 812. The van der Waals surface area contributed by atoms with E-state index >= 15 is 0 Å². The molecule has 24 heavy (non-hydrogen) atoms. The first-order chi connectivity index (χ1) is 11.6. The number of hydrogen-bond acceptors (Lipinski definition) is 3. The third-order valence-corrected chi connectivity index (χ3v) is 5.17. The topological polar surface area (TPSA) is 42.0 Å². The first-order valence-corrected chi connectivity index (χ1v) is 8.83. The van der Waals surface area contributed by atoms with E-state index in [1.54, 1.807) is 0 Å². The molecule has 3 aromatic rings. The number of amides is 1. The molecule has 3 nitrogen and oxygen atoms in total. The fourth-order valence-corrected chi connectivity index (χ4v) is 3.52. The van der Waals surface area contributed by atoms with Crippen LogP contribution in [0, 0.1) is 6.92 Å². The van der Waals surface area contributed by atoms with Crippen molar-refractivity contribution in [3.8, 4) is 10.6 Å². The van der Waals surface area contributed by atoms with E-state index in [1.807, 2.05) is 55.5 Å². The Hall–Kier alpha value is -2.46. The van der Waals surface area contributed by atoms with Gasteiger partial charge in [-0.25, -0.2) is 4.98 Å². The summed E-state index contributed by atoms with van der Waals surface area (Å²) in [6.45, 7) is 4.61. The lowest BCUT2D eigenvalue weighted by atomic mass is 10.0. The van der Waals surface area contributed by atoms with Crippen LogP contribution in [0.4, 0.5) is 0 Å². The zero-order valence-corrected chi connectivity index (χ0v) is 14.6. The van der Waals surface area contributed by atoms with E-state index in [4.69, 9.17) is 0 Å². The maximum Gasteiger partial charge on any atom is 0.263 e. The van der Waals surface area contributed by atoms with Gasteiger partial charge < -0.3 is 5.32 Å². The Kier molecular flexibility index (Phi) is 5.06. The Balaban J connectivity index is 1.68. The minimum absolute atomic E-state index is 0.0463. The van der Waals surface area contributed by atoms with E-state index in [9.17, 15) is 4.79 Å². The predicted molar refractivity (Wildman–Crippen MR) is 99.5 cm³/mol. The second-order valence-electron chi connectivity index (χ2n) is 5.82. The van der Waals surface area contributed by atoms with Gasteiger partial charge in [0.15, 0.2) is 0 Å². The van der Waals surface area contributed by atoms with Gasteiger partial charge in [0.05, 0.1) is 5.69 Å². The van der Waals surface area contributed by atoms with Gasteiger partial charge in [0.1, 0.15) is 9.88 Å². The first kappa shape index (κ1) is 16.4. The summed E-state index contributed by atoms with van der Waals surface area (Å²) >= 11 is 1.45. The van der Waals surface area contributed by atoms with Crippen LogP contribution in [-0.4, -0.2) is 17.4 Å². The minimum atomic E-state index is -0.0463. The monoisotopic (exact) mass is 336 g/mol. The fourth-order valence-electron chi connectivity index (χ4n) is 2.54. The van der Waals surface area contributed by atoms with Crippen LogP contribution in [0.2, 0.25) is 0 Å². The number of hydrogen-bond donors (Lipinski definition) is 1. The van der Waals surface area contributed by atoms with Crippen LogP contribution >= 0.6 is 11.3 Å². The Morgan fingerprint density at radius 2 is 1.71 bits per heavy atom. The number of benzene rings is 2. The number of carbonyl (C=O) groups excluding carboxylic acids is 1. The molecule has 1 N–H and O–H groups in total. The van der Waals surface area contributed by atoms with Crippen molar-refractivity contribution in [3.63, 3.8) is 0 Å². The van der Waals surface area contributed by atoms with E-state index in [1.165, 1.54) is 16.9 Å². The van der Waals surface area contributed by atoms with E-state index in [2.05, 4.69) is 29.4 Å². The highest BCUT2D eigenvalue weighted by atomic mass is 32.1. The summed E-state index contributed by atoms with van der Waals surface area (Å²) in [5.74, 6) is 0.229. The lowest BCUT2D eigenvalue weighted by Crippen LogP contribution is -2.27. The summed E-state index contributed by atoms with van der Waals surface area (Å²) in [7, 11) is 0. The second kappa shape index (κ2) is 7.41. The van der Waals surface area contributed by atoms with Gasteiger partial charge in [0.2, 0.25) is 0 Å². The molecule has 0 aliphatic heterocycles. The van der Waals surface area contributed by atoms with Crippen molar-refractivity contribution in [2.45, 2.75) is 19.8 Å². The predicted octanol–water partition coefficient (Wildman–Crippen LogP) is 4.65. The molecule has 1 atom stereocenters. The Morgan fingerprint density at radius 3 is 2.38 bits per heavy atom. The third kappa shape index (κ3) is 3.71. The van der Waals surface area contributed by atoms with Crippen LogP contribution in [0.3, 0.4) is 0 Å². The molecule has 0 spiro atoms. The summed E-state index contributed by atoms with van der Waals surface area (Å²) in [6.07, 6.45) is 0. The average molecular weight is 336 g/mol. The summed E-state index contributed by atoms with van der Waals surface area (Å²) in [5.41, 5.74) is 3.05. The van der Waals surface area contributed by atoms with Crippen LogP contribution in [0.15, 0.2) is 60.7 Å². The zero-order chi connectivity index (χ0) is 16.9. The number of carbonyl (C=O) groups is 1. The van der Waals surface area contributed by atoms with Crippen LogP contribution in [0.25, 0.3) is 10.6 Å². The quantitative estimate of drug-likeness (QED) is 0.737. The highest BCUT2D eigenvalue weighted by Gasteiger charge is 2.17. The number of aryl methyl sites for hydroxylation is 1. The first-order valence-electron chi connectivity index (χ1n) is 8.01. The highest BCUT2D eigenvalue weighted by molar-refractivity contribution is 7.17. The van der Waals surface area contributed by atoms with Crippen LogP contribution in [0.1, 0.15) is 33.8 Å². The van der Waals surface area contributed by atoms with Crippen molar-refractivity contribution < 1.29 is 4.79 Å². The lowest BCUT2D eigenvalue weighted by molar-refractivity contribution is 0.0955. The summed E-state index contributed by atoms with van der Waals surface area (Å²) < 4.78 is 0. The Labute approximate surface area is 146 Å². The molecular weight excluding hydrogens is 316 g/mol. The third-order valence-electron chi connectivity index (χ3n) is 3.96. The molecule has 0 aliphatic rings. The van der Waals surface area contributed by atoms with Gasteiger partial charge in [0.25, 0.3) is 5.91 Å². The molecule has 3 rings (SSSR count). The van der Waals surface area contributed by atoms with Gasteiger partial charge in [-0.2, -0.15) is 0 Å². The molecule has 0 saturated heterocycles. The second-order valence-corrected chi connectivity index (χ2v) is 6.82. The summed E-state index contributed by atoms with van der Waals surface area (Å²) in [6, 6.07) is 20.2. The van der Waals surface area contributed by atoms with Gasteiger partial charge in [-0.15, -0.1) is 11.3 Å². The molecular formula is C20H20N2OS. The average Bonchev–Trinajstić information content (AvgIpc) is 3.03. The van der Waals surface area contributed by atoms with Crippen molar-refractivity contribution in [1.82, 2.24) is 10.3 Å². The summed E-state index contributed by atoms with van der Waals surface area (Å²) in [5, 5.41) is 3.92. The van der Waals surface area contributed by atoms with Gasteiger partial charge in [-0.3, -0.25) is 4.79 Å². The number of rotatable bonds is 5. The van der Waals surface area contributed by atoms with Gasteiger partial charge in [0, 0.05) is 12.1 Å². The van der Waals surface area contributed by atoms with E-state index < -0.39 is 0 Å². The zero-order valence-electron chi connectivity index (χ0n) is 13.8. The molecule has 0 unspecified atom stereocenters. The molecule has 1 aromatic heterocycles. The minimum Gasteiger partial charge on any atom is -0.351 e. The molecule has 0 radical (unpaired) electrons. The van der Waals surface area contributed by atoms with Gasteiger partial charge >= 0.3 is 0 Å². The summed E-state index contributed by atoms with van der Waals surface area (Å²) in [4.78, 5) is 17.7. The molecule has 0 aliphatic carbocycles. The molecule has 122 valence electrons. The Morgan fingerprint density at radius 1 is 1.08 bits per heavy atom. The SMILES string of the molecule is Cc1nc(-c2ccccc2)sc1C(=O)NC[C@H](C)c1ccccc1. The molecule has 4 heteroatoms. The van der Waals surface area contributed by atoms with Crippen LogP contribution in [-0.2, 0) is 0 Å². The molecule has 0 saturated carbocycles. The number of thiazole rings is 1. The smallest absolute Gasteiger partial charge is 0.263 e. The van der Waals surface area contributed by atoms with Crippen molar-refractivity contribution in [2.75, 3.05) is 6.54 Å². The normalized spacial score (nSPS) is 11.9. The molecule has 0 fully saturated rings. The van der Waals surface area contributed by atoms with Gasteiger partial charge in [-0.1, -0.05) is 67.6 Å². The largest absolute Gasteiger partial charge is 0.351 e. The number of nitrogens with zero attached hydrogens (tertiary/aromatic N) is 1. The maximum absolute atomic E-state index is 12.5. The van der Waals surface area contributed by atoms with Crippen molar-refractivity contribution in [3.05, 3.63) is 76.8 Å². The van der Waals surface area contributed by atoms with Crippen molar-refractivity contribution in [2.24, 2.45) is 0 Å². The van der Waals surface area contributed by atoms with Crippen molar-refractivity contribution >= 4 is 17.2 Å². The maximum atomic E-state index is 12.5. The molecule has 2 aromatic carbocycles. The number of aromatic nitrogens is 1. The molecule has 1 amide bonds.